The fraction of sp³-hybridized carbons (Fsp3) is 0.0213. The molecular weight excluding hydrogens is 625 g/mol. The quantitative estimate of drug-likeness (QED) is 0.190. The Morgan fingerprint density at radius 1 is 0.420 bits per heavy atom. The molecule has 11 rings (SSSR count). The van der Waals surface area contributed by atoms with E-state index in [0.717, 1.165) is 33.5 Å². The molecule has 0 radical (unpaired) electrons. The lowest BCUT2D eigenvalue weighted by molar-refractivity contribution is 0.803. The highest BCUT2D eigenvalue weighted by atomic mass is 32.1. The van der Waals surface area contributed by atoms with Crippen LogP contribution in [0.5, 0.6) is 0 Å². The van der Waals surface area contributed by atoms with Gasteiger partial charge < -0.3 is 0 Å². The first kappa shape index (κ1) is 27.8. The molecular formula is C47H28N2S. The van der Waals surface area contributed by atoms with Crippen LogP contribution in [0, 0.1) is 0 Å². The van der Waals surface area contributed by atoms with Gasteiger partial charge >= 0.3 is 0 Å². The van der Waals surface area contributed by atoms with E-state index in [4.69, 9.17) is 9.97 Å². The molecule has 1 spiro atoms. The predicted octanol–water partition coefficient (Wildman–Crippen LogP) is 12.2. The number of rotatable bonds is 3. The van der Waals surface area contributed by atoms with Crippen molar-refractivity contribution in [2.45, 2.75) is 5.41 Å². The molecule has 2 heterocycles. The third-order valence-corrected chi connectivity index (χ3v) is 11.9. The lowest BCUT2D eigenvalue weighted by Gasteiger charge is -2.30. The van der Waals surface area contributed by atoms with E-state index in [-0.39, 0.29) is 0 Å². The van der Waals surface area contributed by atoms with Gasteiger partial charge in [-0.25, -0.2) is 9.97 Å². The van der Waals surface area contributed by atoms with Gasteiger partial charge in [0.2, 0.25) is 0 Å². The highest BCUT2D eigenvalue weighted by Crippen LogP contribution is 2.66. The zero-order valence-corrected chi connectivity index (χ0v) is 27.8. The van der Waals surface area contributed by atoms with Crippen molar-refractivity contribution in [3.8, 4) is 55.3 Å². The average Bonchev–Trinajstić information content (AvgIpc) is 3.81. The topological polar surface area (TPSA) is 25.8 Å². The molecule has 0 saturated heterocycles. The lowest BCUT2D eigenvalue weighted by atomic mass is 9.70. The summed E-state index contributed by atoms with van der Waals surface area (Å²) in [6.07, 6.45) is 0. The van der Waals surface area contributed by atoms with Crippen LogP contribution in [0.3, 0.4) is 0 Å². The maximum atomic E-state index is 5.35. The molecule has 50 heavy (non-hydrogen) atoms. The molecule has 9 aromatic rings. The normalized spacial score (nSPS) is 15.3. The summed E-state index contributed by atoms with van der Waals surface area (Å²) in [6.45, 7) is 0. The largest absolute Gasteiger partial charge is 0.228 e. The molecule has 2 aromatic heterocycles. The van der Waals surface area contributed by atoms with E-state index in [1.54, 1.807) is 0 Å². The van der Waals surface area contributed by atoms with E-state index < -0.39 is 5.41 Å². The first-order valence-electron chi connectivity index (χ1n) is 17.1. The SMILES string of the molecule is c1ccc(-c2ccc(-c3nc(-c4ccc5c(c4)C4(c6ccccc6-5)c5ccccc5-c5sc6ccccc6c54)nc4ccccc34)cc2)cc1. The van der Waals surface area contributed by atoms with Crippen LogP contribution in [0.15, 0.2) is 170 Å². The van der Waals surface area contributed by atoms with Crippen LogP contribution in [-0.4, -0.2) is 9.97 Å². The molecule has 2 nitrogen and oxygen atoms in total. The van der Waals surface area contributed by atoms with E-state index in [1.165, 1.54) is 65.0 Å². The van der Waals surface area contributed by atoms with Gasteiger partial charge in [0, 0.05) is 26.1 Å². The van der Waals surface area contributed by atoms with E-state index >= 15 is 0 Å². The highest BCUT2D eigenvalue weighted by Gasteiger charge is 2.53. The zero-order chi connectivity index (χ0) is 32.8. The van der Waals surface area contributed by atoms with Gasteiger partial charge in [0.1, 0.15) is 0 Å². The Balaban J connectivity index is 1.15. The Bertz CT molecular complexity index is 2810. The Labute approximate surface area is 294 Å². The first-order valence-corrected chi connectivity index (χ1v) is 17.9. The number of benzene rings is 7. The summed E-state index contributed by atoms with van der Waals surface area (Å²) < 4.78 is 1.33. The van der Waals surface area contributed by atoms with Crippen molar-refractivity contribution in [1.29, 1.82) is 0 Å². The number of fused-ring (bicyclic) bond motifs is 13. The third kappa shape index (κ3) is 3.73. The van der Waals surface area contributed by atoms with E-state index in [2.05, 4.69) is 170 Å². The van der Waals surface area contributed by atoms with E-state index in [1.807, 2.05) is 11.3 Å². The standard InChI is InChI=1S/C47H28N2S/c1-2-12-29(13-3-1)30-22-24-31(25-23-30)44-36-16-6-10-20-41(36)48-46(49-44)32-26-27-34-33-14-4-8-18-38(33)47(40(34)28-32)39-19-9-5-15-35(39)45-43(47)37-17-7-11-21-42(37)50-45/h1-28H. The van der Waals surface area contributed by atoms with Gasteiger partial charge in [-0.2, -0.15) is 0 Å². The second-order valence-electron chi connectivity index (χ2n) is 13.3. The van der Waals surface area contributed by atoms with Crippen molar-refractivity contribution < 1.29 is 0 Å². The minimum absolute atomic E-state index is 0.430. The molecule has 1 unspecified atom stereocenters. The van der Waals surface area contributed by atoms with Gasteiger partial charge in [0.05, 0.1) is 16.6 Å². The number of nitrogens with zero attached hydrogens (tertiary/aromatic N) is 2. The van der Waals surface area contributed by atoms with Crippen LogP contribution < -0.4 is 0 Å². The number of para-hydroxylation sites is 1. The molecule has 0 bridgehead atoms. The van der Waals surface area contributed by atoms with Crippen LogP contribution in [0.2, 0.25) is 0 Å². The van der Waals surface area contributed by atoms with Gasteiger partial charge in [-0.1, -0.05) is 152 Å². The van der Waals surface area contributed by atoms with E-state index in [9.17, 15) is 0 Å². The van der Waals surface area contributed by atoms with Crippen molar-refractivity contribution in [2.75, 3.05) is 0 Å². The summed E-state index contributed by atoms with van der Waals surface area (Å²) in [6, 6.07) is 61.5. The molecule has 0 N–H and O–H groups in total. The number of hydrogen-bond donors (Lipinski definition) is 0. The number of aromatic nitrogens is 2. The second kappa shape index (κ2) is 10.4. The summed E-state index contributed by atoms with van der Waals surface area (Å²) in [7, 11) is 0. The van der Waals surface area contributed by atoms with Gasteiger partial charge in [-0.15, -0.1) is 11.3 Å². The smallest absolute Gasteiger partial charge is 0.160 e. The van der Waals surface area contributed by atoms with Crippen LogP contribution in [0.4, 0.5) is 0 Å². The second-order valence-corrected chi connectivity index (χ2v) is 14.3. The first-order chi connectivity index (χ1) is 24.8. The summed E-state index contributed by atoms with van der Waals surface area (Å²) >= 11 is 1.92. The molecule has 2 aliphatic carbocycles. The van der Waals surface area contributed by atoms with Crippen molar-refractivity contribution in [3.05, 3.63) is 192 Å². The van der Waals surface area contributed by atoms with Crippen LogP contribution in [0.25, 0.3) is 76.3 Å². The highest BCUT2D eigenvalue weighted by molar-refractivity contribution is 7.22. The Hall–Kier alpha value is -6.16. The fourth-order valence-corrected chi connectivity index (χ4v) is 9.90. The van der Waals surface area contributed by atoms with Crippen molar-refractivity contribution in [1.82, 2.24) is 9.97 Å². The minimum atomic E-state index is -0.430. The molecule has 2 aliphatic rings. The molecule has 1 atom stereocenters. The van der Waals surface area contributed by atoms with Crippen molar-refractivity contribution in [2.24, 2.45) is 0 Å². The van der Waals surface area contributed by atoms with Gasteiger partial charge in [-0.3, -0.25) is 0 Å². The minimum Gasteiger partial charge on any atom is -0.228 e. The Morgan fingerprint density at radius 2 is 1.02 bits per heavy atom. The number of hydrogen-bond acceptors (Lipinski definition) is 3. The molecule has 0 aliphatic heterocycles. The maximum Gasteiger partial charge on any atom is 0.160 e. The molecule has 3 heteroatoms. The van der Waals surface area contributed by atoms with Crippen LogP contribution in [0.1, 0.15) is 22.3 Å². The number of thiophene rings is 1. The van der Waals surface area contributed by atoms with Crippen molar-refractivity contribution in [3.63, 3.8) is 0 Å². The zero-order valence-electron chi connectivity index (χ0n) is 27.0. The van der Waals surface area contributed by atoms with Gasteiger partial charge in [-0.05, 0) is 73.7 Å². The monoisotopic (exact) mass is 652 g/mol. The van der Waals surface area contributed by atoms with Crippen molar-refractivity contribution >= 4 is 32.3 Å². The lowest BCUT2D eigenvalue weighted by Crippen LogP contribution is -2.25. The molecule has 0 fully saturated rings. The van der Waals surface area contributed by atoms with Crippen LogP contribution >= 0.6 is 11.3 Å². The van der Waals surface area contributed by atoms with Gasteiger partial charge in [0.25, 0.3) is 0 Å². The summed E-state index contributed by atoms with van der Waals surface area (Å²) in [5, 5.41) is 2.38. The predicted molar refractivity (Wildman–Crippen MR) is 208 cm³/mol. The fourth-order valence-electron chi connectivity index (χ4n) is 8.61. The van der Waals surface area contributed by atoms with E-state index in [0.29, 0.717) is 0 Å². The Kier molecular flexibility index (Phi) is 5.78. The summed E-state index contributed by atoms with van der Waals surface area (Å²) in [5.41, 5.74) is 15.3. The third-order valence-electron chi connectivity index (χ3n) is 10.7. The van der Waals surface area contributed by atoms with Gasteiger partial charge in [0.15, 0.2) is 5.82 Å². The summed E-state index contributed by atoms with van der Waals surface area (Å²) in [4.78, 5) is 11.9. The average molecular weight is 653 g/mol. The molecule has 7 aromatic carbocycles. The molecule has 232 valence electrons. The molecule has 0 amide bonds. The Morgan fingerprint density at radius 3 is 1.86 bits per heavy atom. The van der Waals surface area contributed by atoms with Crippen LogP contribution in [-0.2, 0) is 5.41 Å². The molecule has 0 saturated carbocycles. The maximum absolute atomic E-state index is 5.35. The summed E-state index contributed by atoms with van der Waals surface area (Å²) in [5.74, 6) is 0.737.